The van der Waals surface area contributed by atoms with E-state index in [1.165, 1.54) is 87.9 Å². The minimum Gasteiger partial charge on any atom is -0.310 e. The average molecular weight is 795 g/mol. The molecule has 2 aliphatic carbocycles. The molecule has 0 amide bonds. The maximum Gasteiger partial charge on any atom is 0.0542 e. The standard InChI is InChI=1S/C60H46N2/c1-39-17-16-27-53-57(39)51-35-31-41(37-54(51)60(53,2)3)59-49-25-12-10-23-47(49)58(48-24-11-13-26-50(48)59)40-29-32-44(33-30-40)61(42-18-6-4-7-19-42)45-34-36-56-52(38-45)46-22-14-15-28-55(46)62(56)43-20-8-5-9-21-43/h4-16,18-39H,17H2,1-3H3. The van der Waals surface area contributed by atoms with E-state index in [1.54, 1.807) is 0 Å². The van der Waals surface area contributed by atoms with Crippen molar-refractivity contribution >= 4 is 66.0 Å². The number of hydrogen-bond acceptors (Lipinski definition) is 1. The van der Waals surface area contributed by atoms with Crippen molar-refractivity contribution in [3.05, 3.63) is 223 Å². The van der Waals surface area contributed by atoms with Gasteiger partial charge in [0.25, 0.3) is 0 Å². The molecule has 2 aliphatic rings. The fourth-order valence-corrected chi connectivity index (χ4v) is 10.9. The lowest BCUT2D eigenvalue weighted by Crippen LogP contribution is -2.17. The monoisotopic (exact) mass is 794 g/mol. The first-order valence-corrected chi connectivity index (χ1v) is 22.0. The third kappa shape index (κ3) is 5.49. The highest BCUT2D eigenvalue weighted by Gasteiger charge is 2.39. The topological polar surface area (TPSA) is 8.17 Å². The van der Waals surface area contributed by atoms with E-state index >= 15 is 0 Å². The maximum absolute atomic E-state index is 2.51. The van der Waals surface area contributed by atoms with Crippen molar-refractivity contribution in [2.45, 2.75) is 32.6 Å². The Morgan fingerprint density at radius 3 is 1.69 bits per heavy atom. The molecule has 0 saturated heterocycles. The molecule has 1 unspecified atom stereocenters. The summed E-state index contributed by atoms with van der Waals surface area (Å²) in [5.41, 5.74) is 17.8. The normalized spacial score (nSPS) is 15.4. The van der Waals surface area contributed by atoms with Crippen molar-refractivity contribution in [3.8, 4) is 27.9 Å². The second kappa shape index (κ2) is 14.1. The molecule has 9 aromatic carbocycles. The zero-order valence-electron chi connectivity index (χ0n) is 35.3. The summed E-state index contributed by atoms with van der Waals surface area (Å²) in [4.78, 5) is 2.38. The summed E-state index contributed by atoms with van der Waals surface area (Å²) in [6.07, 6.45) is 5.87. The largest absolute Gasteiger partial charge is 0.310 e. The van der Waals surface area contributed by atoms with Gasteiger partial charge in [-0.1, -0.05) is 160 Å². The molecule has 62 heavy (non-hydrogen) atoms. The van der Waals surface area contributed by atoms with E-state index in [-0.39, 0.29) is 5.41 Å². The number of fused-ring (bicyclic) bond motifs is 7. The Labute approximate surface area is 363 Å². The van der Waals surface area contributed by atoms with Gasteiger partial charge in [0.2, 0.25) is 0 Å². The molecular weight excluding hydrogens is 749 g/mol. The number of benzene rings is 9. The number of allylic oxidation sites excluding steroid dienone is 4. The van der Waals surface area contributed by atoms with Gasteiger partial charge in [-0.3, -0.25) is 0 Å². The molecule has 0 radical (unpaired) electrons. The van der Waals surface area contributed by atoms with Gasteiger partial charge >= 0.3 is 0 Å². The van der Waals surface area contributed by atoms with Crippen LogP contribution in [0.4, 0.5) is 17.1 Å². The van der Waals surface area contributed by atoms with Gasteiger partial charge in [0.05, 0.1) is 11.0 Å². The van der Waals surface area contributed by atoms with Crippen molar-refractivity contribution in [1.29, 1.82) is 0 Å². The number of nitrogens with zero attached hydrogens (tertiary/aromatic N) is 2. The third-order valence-corrected chi connectivity index (χ3v) is 13.8. The fourth-order valence-electron chi connectivity index (χ4n) is 10.9. The molecule has 2 heteroatoms. The summed E-state index contributed by atoms with van der Waals surface area (Å²) in [6.45, 7) is 7.20. The Morgan fingerprint density at radius 1 is 0.484 bits per heavy atom. The van der Waals surface area contributed by atoms with Gasteiger partial charge in [-0.2, -0.15) is 0 Å². The number of rotatable bonds is 6. The number of aromatic nitrogens is 1. The second-order valence-electron chi connectivity index (χ2n) is 17.7. The van der Waals surface area contributed by atoms with Crippen LogP contribution in [-0.4, -0.2) is 4.57 Å². The zero-order valence-corrected chi connectivity index (χ0v) is 35.3. The molecule has 0 bridgehead atoms. The summed E-state index contributed by atoms with van der Waals surface area (Å²) in [5.74, 6) is 0.533. The summed E-state index contributed by atoms with van der Waals surface area (Å²) < 4.78 is 2.38. The molecule has 0 spiro atoms. The van der Waals surface area contributed by atoms with Crippen LogP contribution in [-0.2, 0) is 5.41 Å². The minimum absolute atomic E-state index is 0.0421. The van der Waals surface area contributed by atoms with Gasteiger partial charge in [0.15, 0.2) is 0 Å². The number of anilines is 3. The van der Waals surface area contributed by atoms with Crippen molar-refractivity contribution in [2.75, 3.05) is 4.90 Å². The van der Waals surface area contributed by atoms with Crippen LogP contribution in [0.5, 0.6) is 0 Å². The number of hydrogen-bond donors (Lipinski definition) is 0. The Bertz CT molecular complexity index is 3400. The molecule has 0 saturated carbocycles. The Hall–Kier alpha value is -7.42. The van der Waals surface area contributed by atoms with Crippen LogP contribution in [0.1, 0.15) is 38.3 Å². The first kappa shape index (κ1) is 36.4. The van der Waals surface area contributed by atoms with E-state index < -0.39 is 0 Å². The van der Waals surface area contributed by atoms with Crippen LogP contribution >= 0.6 is 0 Å². The predicted molar refractivity (Wildman–Crippen MR) is 264 cm³/mol. The minimum atomic E-state index is -0.0421. The van der Waals surface area contributed by atoms with Crippen LogP contribution < -0.4 is 4.90 Å². The van der Waals surface area contributed by atoms with Gasteiger partial charge in [0, 0.05) is 38.9 Å². The quantitative estimate of drug-likeness (QED) is 0.152. The van der Waals surface area contributed by atoms with Gasteiger partial charge < -0.3 is 9.47 Å². The van der Waals surface area contributed by atoms with Crippen molar-refractivity contribution in [3.63, 3.8) is 0 Å². The lowest BCUT2D eigenvalue weighted by molar-refractivity contribution is 0.643. The van der Waals surface area contributed by atoms with E-state index in [4.69, 9.17) is 0 Å². The van der Waals surface area contributed by atoms with Crippen molar-refractivity contribution in [2.24, 2.45) is 5.92 Å². The average Bonchev–Trinajstić information content (AvgIpc) is 3.77. The second-order valence-corrected chi connectivity index (χ2v) is 17.7. The molecule has 0 N–H and O–H groups in total. The highest BCUT2D eigenvalue weighted by atomic mass is 15.1. The Morgan fingerprint density at radius 2 is 1.02 bits per heavy atom. The Kier molecular flexibility index (Phi) is 8.27. The van der Waals surface area contributed by atoms with E-state index in [9.17, 15) is 0 Å². The van der Waals surface area contributed by atoms with Crippen LogP contribution in [0.3, 0.4) is 0 Å². The molecule has 1 heterocycles. The van der Waals surface area contributed by atoms with Crippen LogP contribution in [0.2, 0.25) is 0 Å². The molecule has 12 rings (SSSR count). The van der Waals surface area contributed by atoms with E-state index in [0.29, 0.717) is 5.92 Å². The summed E-state index contributed by atoms with van der Waals surface area (Å²) in [5, 5.41) is 7.56. The molecule has 1 atom stereocenters. The molecular formula is C60H46N2. The molecule has 10 aromatic rings. The van der Waals surface area contributed by atoms with Gasteiger partial charge in [-0.05, 0) is 145 Å². The number of para-hydroxylation sites is 3. The van der Waals surface area contributed by atoms with Crippen molar-refractivity contribution < 1.29 is 0 Å². The molecule has 0 aliphatic heterocycles. The molecule has 1 aromatic heterocycles. The smallest absolute Gasteiger partial charge is 0.0542 e. The first-order valence-electron chi connectivity index (χ1n) is 22.0. The van der Waals surface area contributed by atoms with E-state index in [0.717, 1.165) is 29.2 Å². The lowest BCUT2D eigenvalue weighted by atomic mass is 9.78. The first-order chi connectivity index (χ1) is 30.5. The van der Waals surface area contributed by atoms with E-state index in [1.807, 2.05) is 0 Å². The summed E-state index contributed by atoms with van der Waals surface area (Å²) in [6, 6.07) is 71.7. The molecule has 0 fully saturated rings. The highest BCUT2D eigenvalue weighted by Crippen LogP contribution is 2.53. The predicted octanol–water partition coefficient (Wildman–Crippen LogP) is 16.5. The third-order valence-electron chi connectivity index (χ3n) is 13.8. The van der Waals surface area contributed by atoms with Crippen LogP contribution in [0.25, 0.3) is 76.9 Å². The van der Waals surface area contributed by atoms with Crippen LogP contribution in [0, 0.1) is 5.92 Å². The van der Waals surface area contributed by atoms with Gasteiger partial charge in [0.1, 0.15) is 0 Å². The molecule has 2 nitrogen and oxygen atoms in total. The zero-order chi connectivity index (χ0) is 41.5. The molecule has 296 valence electrons. The highest BCUT2D eigenvalue weighted by molar-refractivity contribution is 6.21. The fraction of sp³-hybridized carbons (Fsp3) is 0.100. The lowest BCUT2D eigenvalue weighted by Gasteiger charge is -2.26. The maximum atomic E-state index is 2.51. The van der Waals surface area contributed by atoms with Crippen molar-refractivity contribution in [1.82, 2.24) is 4.57 Å². The summed E-state index contributed by atoms with van der Waals surface area (Å²) in [7, 11) is 0. The SMILES string of the molecule is CC1CC=CC2=C1c1ccc(-c3c4ccccc4c(-c4ccc(N(c5ccccc5)c5ccc6c(c5)c5ccccc5n6-c5ccccc5)cc4)c4ccccc34)cc1C2(C)C. The van der Waals surface area contributed by atoms with Gasteiger partial charge in [-0.25, -0.2) is 0 Å². The van der Waals surface area contributed by atoms with E-state index in [2.05, 4.69) is 237 Å². The summed E-state index contributed by atoms with van der Waals surface area (Å²) >= 11 is 0. The Balaban J connectivity index is 0.996. The van der Waals surface area contributed by atoms with Gasteiger partial charge in [-0.15, -0.1) is 0 Å². The van der Waals surface area contributed by atoms with Crippen LogP contribution in [0.15, 0.2) is 212 Å².